The zero-order chi connectivity index (χ0) is 13.4. The molecule has 0 saturated carbocycles. The van der Waals surface area contributed by atoms with Crippen LogP contribution in [0.3, 0.4) is 0 Å². The quantitative estimate of drug-likeness (QED) is 0.785. The third kappa shape index (κ3) is 1.89. The van der Waals surface area contributed by atoms with E-state index in [0.717, 1.165) is 35.3 Å². The first-order chi connectivity index (χ1) is 9.92. The molecule has 3 heterocycles. The number of benzene rings is 1. The monoisotopic (exact) mass is 283 g/mol. The smallest absolute Gasteiger partial charge is 0.222 e. The van der Waals surface area contributed by atoms with Crippen LogP contribution in [0.15, 0.2) is 41.9 Å². The largest absolute Gasteiger partial charge is 0.354 e. The number of nitrogens with one attached hydrogen (secondary N) is 1. The Kier molecular flexibility index (Phi) is 2.74. The van der Waals surface area contributed by atoms with Gasteiger partial charge in [0.2, 0.25) is 5.95 Å². The molecule has 0 radical (unpaired) electrons. The van der Waals surface area contributed by atoms with E-state index in [-0.39, 0.29) is 6.04 Å². The highest BCUT2D eigenvalue weighted by atomic mass is 32.1. The summed E-state index contributed by atoms with van der Waals surface area (Å²) in [7, 11) is 0. The SMILES string of the molecule is c1ccc(-c2nc3n(n2)C(c2nccs2)CCN3)cc1. The number of nitrogens with zero attached hydrogens (tertiary/aromatic N) is 4. The topological polar surface area (TPSA) is 55.6 Å². The van der Waals surface area contributed by atoms with Crippen LogP contribution in [0, 0.1) is 0 Å². The molecule has 0 amide bonds. The first kappa shape index (κ1) is 11.6. The van der Waals surface area contributed by atoms with Gasteiger partial charge in [-0.3, -0.25) is 0 Å². The number of aromatic nitrogens is 4. The van der Waals surface area contributed by atoms with E-state index in [0.29, 0.717) is 0 Å². The van der Waals surface area contributed by atoms with Crippen molar-refractivity contribution in [1.29, 1.82) is 0 Å². The third-order valence-corrected chi connectivity index (χ3v) is 4.27. The Hall–Kier alpha value is -2.21. The van der Waals surface area contributed by atoms with E-state index in [1.807, 2.05) is 46.6 Å². The lowest BCUT2D eigenvalue weighted by molar-refractivity contribution is 0.479. The van der Waals surface area contributed by atoms with Crippen LogP contribution in [-0.4, -0.2) is 26.3 Å². The molecule has 20 heavy (non-hydrogen) atoms. The summed E-state index contributed by atoms with van der Waals surface area (Å²) in [5, 5.41) is 11.1. The molecule has 100 valence electrons. The van der Waals surface area contributed by atoms with Crippen molar-refractivity contribution in [2.24, 2.45) is 0 Å². The van der Waals surface area contributed by atoms with Crippen molar-refractivity contribution in [1.82, 2.24) is 19.7 Å². The van der Waals surface area contributed by atoms with Gasteiger partial charge in [-0.25, -0.2) is 9.67 Å². The number of thiazole rings is 1. The fourth-order valence-electron chi connectivity index (χ4n) is 2.44. The van der Waals surface area contributed by atoms with E-state index in [1.165, 1.54) is 0 Å². The molecule has 3 aromatic rings. The first-order valence-electron chi connectivity index (χ1n) is 6.57. The van der Waals surface area contributed by atoms with Crippen LogP contribution in [-0.2, 0) is 0 Å². The van der Waals surface area contributed by atoms with Crippen molar-refractivity contribution in [3.8, 4) is 11.4 Å². The second kappa shape index (κ2) is 4.72. The van der Waals surface area contributed by atoms with Gasteiger partial charge in [0.1, 0.15) is 11.0 Å². The molecular weight excluding hydrogens is 270 g/mol. The maximum Gasteiger partial charge on any atom is 0.222 e. The van der Waals surface area contributed by atoms with Crippen molar-refractivity contribution < 1.29 is 0 Å². The molecule has 0 aliphatic carbocycles. The van der Waals surface area contributed by atoms with Crippen LogP contribution in [0.2, 0.25) is 0 Å². The van der Waals surface area contributed by atoms with Crippen LogP contribution in [0.25, 0.3) is 11.4 Å². The molecule has 1 atom stereocenters. The van der Waals surface area contributed by atoms with Gasteiger partial charge >= 0.3 is 0 Å². The molecule has 1 aliphatic rings. The molecular formula is C14H13N5S. The minimum absolute atomic E-state index is 0.191. The Morgan fingerprint density at radius 3 is 2.95 bits per heavy atom. The van der Waals surface area contributed by atoms with Crippen LogP contribution in [0.1, 0.15) is 17.5 Å². The van der Waals surface area contributed by atoms with E-state index < -0.39 is 0 Å². The van der Waals surface area contributed by atoms with Crippen LogP contribution in [0.5, 0.6) is 0 Å². The summed E-state index contributed by atoms with van der Waals surface area (Å²) in [6, 6.07) is 10.2. The Morgan fingerprint density at radius 2 is 2.15 bits per heavy atom. The molecule has 0 saturated heterocycles. The predicted octanol–water partition coefficient (Wildman–Crippen LogP) is 2.81. The summed E-state index contributed by atoms with van der Waals surface area (Å²) < 4.78 is 1.96. The number of anilines is 1. The number of hydrogen-bond acceptors (Lipinski definition) is 5. The van der Waals surface area contributed by atoms with Gasteiger partial charge in [-0.2, -0.15) is 4.98 Å². The van der Waals surface area contributed by atoms with Gasteiger partial charge in [0, 0.05) is 23.7 Å². The highest BCUT2D eigenvalue weighted by Gasteiger charge is 2.26. The van der Waals surface area contributed by atoms with Crippen molar-refractivity contribution in [2.45, 2.75) is 12.5 Å². The zero-order valence-corrected chi connectivity index (χ0v) is 11.5. The fourth-order valence-corrected chi connectivity index (χ4v) is 3.20. The summed E-state index contributed by atoms with van der Waals surface area (Å²) in [5.74, 6) is 1.59. The molecule has 1 N–H and O–H groups in total. The van der Waals surface area contributed by atoms with Gasteiger partial charge in [-0.1, -0.05) is 30.3 Å². The predicted molar refractivity (Wildman–Crippen MR) is 78.8 cm³/mol. The Morgan fingerprint density at radius 1 is 1.25 bits per heavy atom. The van der Waals surface area contributed by atoms with Crippen LogP contribution in [0.4, 0.5) is 5.95 Å². The summed E-state index contributed by atoms with van der Waals surface area (Å²) in [5.41, 5.74) is 1.04. The molecule has 1 aromatic carbocycles. The highest BCUT2D eigenvalue weighted by molar-refractivity contribution is 7.09. The lowest BCUT2D eigenvalue weighted by Gasteiger charge is -2.22. The van der Waals surface area contributed by atoms with Gasteiger partial charge in [-0.15, -0.1) is 16.4 Å². The van der Waals surface area contributed by atoms with Gasteiger partial charge in [0.15, 0.2) is 5.82 Å². The van der Waals surface area contributed by atoms with E-state index in [9.17, 15) is 0 Å². The molecule has 5 nitrogen and oxygen atoms in total. The summed E-state index contributed by atoms with van der Waals surface area (Å²) >= 11 is 1.67. The Bertz CT molecular complexity index is 705. The molecule has 0 spiro atoms. The van der Waals surface area contributed by atoms with Gasteiger partial charge in [0.25, 0.3) is 0 Å². The van der Waals surface area contributed by atoms with Gasteiger partial charge in [-0.05, 0) is 6.42 Å². The molecule has 0 bridgehead atoms. The normalized spacial score (nSPS) is 17.5. The second-order valence-electron chi connectivity index (χ2n) is 4.67. The van der Waals surface area contributed by atoms with Gasteiger partial charge < -0.3 is 5.32 Å². The molecule has 4 rings (SSSR count). The van der Waals surface area contributed by atoms with Crippen molar-refractivity contribution in [3.63, 3.8) is 0 Å². The average molecular weight is 283 g/mol. The fraction of sp³-hybridized carbons (Fsp3) is 0.214. The maximum atomic E-state index is 4.67. The van der Waals surface area contributed by atoms with E-state index >= 15 is 0 Å². The second-order valence-corrected chi connectivity index (χ2v) is 5.60. The average Bonchev–Trinajstić information content (AvgIpc) is 3.17. The molecule has 6 heteroatoms. The zero-order valence-electron chi connectivity index (χ0n) is 10.7. The van der Waals surface area contributed by atoms with Crippen LogP contribution >= 0.6 is 11.3 Å². The highest BCUT2D eigenvalue weighted by Crippen LogP contribution is 2.31. The number of hydrogen-bond donors (Lipinski definition) is 1. The molecule has 2 aromatic heterocycles. The Balaban J connectivity index is 1.78. The summed E-state index contributed by atoms with van der Waals surface area (Å²) in [6.45, 7) is 0.900. The van der Waals surface area contributed by atoms with Crippen molar-refractivity contribution in [2.75, 3.05) is 11.9 Å². The standard InChI is InChI=1S/C14H13N5S/c1-2-4-10(5-3-1)12-17-14-16-7-6-11(19(14)18-12)13-15-8-9-20-13/h1-5,8-9,11H,6-7H2,(H,16,17,18). The maximum absolute atomic E-state index is 4.67. The molecule has 1 aliphatic heterocycles. The molecule has 1 unspecified atom stereocenters. The van der Waals surface area contributed by atoms with Gasteiger partial charge in [0.05, 0.1) is 0 Å². The minimum atomic E-state index is 0.191. The van der Waals surface area contributed by atoms with Crippen molar-refractivity contribution in [3.05, 3.63) is 46.9 Å². The lowest BCUT2D eigenvalue weighted by atomic mass is 10.2. The first-order valence-corrected chi connectivity index (χ1v) is 7.45. The number of rotatable bonds is 2. The minimum Gasteiger partial charge on any atom is -0.354 e. The van der Waals surface area contributed by atoms with E-state index in [1.54, 1.807) is 11.3 Å². The summed E-state index contributed by atoms with van der Waals surface area (Å²) in [4.78, 5) is 9.02. The van der Waals surface area contributed by atoms with Crippen LogP contribution < -0.4 is 5.32 Å². The number of fused-ring (bicyclic) bond motifs is 1. The van der Waals surface area contributed by atoms with E-state index in [2.05, 4.69) is 20.4 Å². The van der Waals surface area contributed by atoms with Crippen molar-refractivity contribution >= 4 is 17.3 Å². The Labute approximate surface area is 120 Å². The summed E-state index contributed by atoms with van der Waals surface area (Å²) in [6.07, 6.45) is 2.83. The lowest BCUT2D eigenvalue weighted by Crippen LogP contribution is -2.24. The third-order valence-electron chi connectivity index (χ3n) is 3.40. The van der Waals surface area contributed by atoms with E-state index in [4.69, 9.17) is 0 Å². The molecule has 0 fully saturated rings.